The van der Waals surface area contributed by atoms with E-state index in [2.05, 4.69) is 19.7 Å². The second-order valence-corrected chi connectivity index (χ2v) is 35.3. The summed E-state index contributed by atoms with van der Waals surface area (Å²) in [7, 11) is -1.34. The number of alkyl halides is 1. The molecule has 0 nitrogen and oxygen atoms in total. The first-order chi connectivity index (χ1) is 11.5. The molecule has 0 heterocycles. The number of hydrogen-bond acceptors (Lipinski definition) is 0. The zero-order valence-electron chi connectivity index (χ0n) is 13.0. The molecule has 0 spiro atoms. The van der Waals surface area contributed by atoms with Gasteiger partial charge in [-0.25, -0.2) is 0 Å². The minimum atomic E-state index is -2.72. The van der Waals surface area contributed by atoms with E-state index in [-0.39, 0.29) is 0 Å². The number of allylic oxidation sites excluding steroid dienone is 3. The summed E-state index contributed by atoms with van der Waals surface area (Å²) in [5.41, 5.74) is 0. The number of halogens is 13. The summed E-state index contributed by atoms with van der Waals surface area (Å²) in [5, 5.41) is -2.72. The van der Waals surface area contributed by atoms with Crippen LogP contribution in [0.2, 0.25) is 12.1 Å². The second kappa shape index (κ2) is 28.9. The highest BCUT2D eigenvalue weighted by Crippen LogP contribution is 2.24. The molecule has 0 bridgehead atoms. The van der Waals surface area contributed by atoms with E-state index in [0.717, 1.165) is 6.04 Å². The van der Waals surface area contributed by atoms with Crippen LogP contribution in [0.4, 0.5) is 0 Å². The molecule has 0 saturated heterocycles. The van der Waals surface area contributed by atoms with E-state index in [9.17, 15) is 0 Å². The van der Waals surface area contributed by atoms with E-state index in [0.29, 0.717) is 11.9 Å². The predicted octanol–water partition coefficient (Wildman–Crippen LogP) is 9.91. The van der Waals surface area contributed by atoms with Gasteiger partial charge in [0, 0.05) is 11.9 Å². The van der Waals surface area contributed by atoms with Crippen LogP contribution < -0.4 is 0 Å². The van der Waals surface area contributed by atoms with Crippen LogP contribution in [-0.4, -0.2) is 31.3 Å². The van der Waals surface area contributed by atoms with Crippen molar-refractivity contribution in [3.63, 3.8) is 0 Å². The number of rotatable bonds is 5. The van der Waals surface area contributed by atoms with Gasteiger partial charge in [-0.05, 0) is 6.04 Å². The third-order valence-corrected chi connectivity index (χ3v) is 4.95. The Hall–Kier alpha value is 3.86. The third-order valence-electron chi connectivity index (χ3n) is 0.830. The second-order valence-electron chi connectivity index (χ2n) is 3.14. The van der Waals surface area contributed by atoms with E-state index < -0.39 is 25.5 Å². The molecule has 0 saturated carbocycles. The smallest absolute Gasteiger partial charge is 0.150 e. The van der Waals surface area contributed by atoms with Crippen LogP contribution in [-0.2, 0) is 0 Å². The molecule has 0 aliphatic heterocycles. The van der Waals surface area contributed by atoms with Gasteiger partial charge in [0.05, 0.1) is 0 Å². The van der Waals surface area contributed by atoms with Crippen molar-refractivity contribution in [2.75, 3.05) is 5.88 Å². The van der Waals surface area contributed by atoms with Crippen LogP contribution in [0.5, 0.6) is 0 Å². The molecule has 0 aliphatic rings. The lowest BCUT2D eigenvalue weighted by Crippen LogP contribution is -2.05. The van der Waals surface area contributed by atoms with Gasteiger partial charge in [0.1, 0.15) is 0 Å². The molecule has 26 heavy (non-hydrogen) atoms. The molecular formula is C9H17Cl13Si4. The highest BCUT2D eigenvalue weighted by atomic mass is 36.0. The molecule has 0 radical (unpaired) electrons. The Labute approximate surface area is 223 Å². The Bertz CT molecular complexity index is 294. The van der Waals surface area contributed by atoms with Crippen LogP contribution in [0.15, 0.2) is 38.0 Å². The van der Waals surface area contributed by atoms with Crippen molar-refractivity contribution in [3.8, 4) is 0 Å². The van der Waals surface area contributed by atoms with E-state index in [1.54, 1.807) is 18.2 Å². The zero-order valence-corrected chi connectivity index (χ0v) is 27.2. The number of hydrogen-bond donors (Lipinski definition) is 0. The van der Waals surface area contributed by atoms with Gasteiger partial charge >= 0.3 is 18.0 Å². The Morgan fingerprint density at radius 1 is 0.692 bits per heavy atom. The Morgan fingerprint density at radius 3 is 0.962 bits per heavy atom. The molecule has 0 N–H and O–H groups in total. The summed E-state index contributed by atoms with van der Waals surface area (Å²) < 4.78 is 0. The maximum absolute atomic E-state index is 5.43. The molecule has 0 rings (SSSR count). The van der Waals surface area contributed by atoms with E-state index in [1.807, 2.05) is 0 Å². The lowest BCUT2D eigenvalue weighted by Gasteiger charge is -1.99. The first kappa shape index (κ1) is 40.2. The van der Waals surface area contributed by atoms with Crippen LogP contribution >= 0.6 is 145 Å². The van der Waals surface area contributed by atoms with Crippen molar-refractivity contribution in [2.24, 2.45) is 0 Å². The van der Waals surface area contributed by atoms with E-state index >= 15 is 0 Å². The van der Waals surface area contributed by atoms with E-state index in [4.69, 9.17) is 145 Å². The fourth-order valence-electron chi connectivity index (χ4n) is 0.290. The van der Waals surface area contributed by atoms with Gasteiger partial charge < -0.3 is 0 Å². The fraction of sp³-hybridized carbons (Fsp3) is 0.333. The lowest BCUT2D eigenvalue weighted by molar-refractivity contribution is 1.73. The van der Waals surface area contributed by atoms with Gasteiger partial charge in [0.25, 0.3) is 0 Å². The molecule has 0 aromatic heterocycles. The summed E-state index contributed by atoms with van der Waals surface area (Å²) in [5.74, 6) is 0.556. The SMILES string of the molecule is C=CCCl.C=CC[SiH](Cl)Cl.C=CC[Si](Cl)(Cl)Cl.Cl[SiH](Cl)Cl.Cl[Si](Cl)(Cl)Cl. The molecular weight excluding hydrogens is 681 g/mol. The average Bonchev–Trinajstić information content (AvgIpc) is 2.35. The van der Waals surface area contributed by atoms with Gasteiger partial charge in [0.2, 0.25) is 7.42 Å². The van der Waals surface area contributed by atoms with Crippen molar-refractivity contribution >= 4 is 170 Å². The quantitative estimate of drug-likeness (QED) is 0.116. The van der Waals surface area contributed by atoms with Gasteiger partial charge in [0.15, 0.2) is 0 Å². The maximum atomic E-state index is 5.43. The first-order valence-electron chi connectivity index (χ1n) is 5.89. The lowest BCUT2D eigenvalue weighted by atomic mass is 10.8. The van der Waals surface area contributed by atoms with Crippen molar-refractivity contribution in [2.45, 2.75) is 12.1 Å². The summed E-state index contributed by atoms with van der Waals surface area (Å²) in [6.45, 7) is 8.52. The molecule has 0 unspecified atom stereocenters. The highest BCUT2D eigenvalue weighted by Gasteiger charge is 2.21. The van der Waals surface area contributed by atoms with Crippen LogP contribution in [0.25, 0.3) is 0 Å². The summed E-state index contributed by atoms with van der Waals surface area (Å²) >= 11 is 66.9. The van der Waals surface area contributed by atoms with Crippen LogP contribution in [0.3, 0.4) is 0 Å². The van der Waals surface area contributed by atoms with Crippen molar-refractivity contribution in [1.82, 2.24) is 0 Å². The molecule has 0 aliphatic carbocycles. The third kappa shape index (κ3) is 143. The van der Waals surface area contributed by atoms with Crippen molar-refractivity contribution in [1.29, 1.82) is 0 Å². The molecule has 0 amide bonds. The minimum absolute atomic E-state index is 0.539. The topological polar surface area (TPSA) is 0 Å². The zero-order chi connectivity index (χ0) is 22.4. The van der Waals surface area contributed by atoms with Crippen LogP contribution in [0, 0.1) is 0 Å². The monoisotopic (exact) mass is 692 g/mol. The predicted molar refractivity (Wildman–Crippen MR) is 147 cm³/mol. The molecule has 0 aromatic carbocycles. The summed E-state index contributed by atoms with van der Waals surface area (Å²) in [6.07, 6.45) is 5.01. The fourth-order valence-corrected chi connectivity index (χ4v) is 2.61. The molecule has 17 heteroatoms. The first-order valence-corrected chi connectivity index (χ1v) is 27.3. The normalized spacial score (nSPS) is 9.81. The summed E-state index contributed by atoms with van der Waals surface area (Å²) in [4.78, 5) is 0. The Kier molecular flexibility index (Phi) is 44.7. The van der Waals surface area contributed by atoms with Crippen molar-refractivity contribution < 1.29 is 0 Å². The van der Waals surface area contributed by atoms with Gasteiger partial charge in [-0.3, -0.25) is 0 Å². The highest BCUT2D eigenvalue weighted by molar-refractivity contribution is 7.81. The molecule has 0 fully saturated rings. The largest absolute Gasteiger partial charge is 0.440 e. The Morgan fingerprint density at radius 2 is 0.962 bits per heavy atom. The van der Waals surface area contributed by atoms with Gasteiger partial charge in [-0.1, -0.05) is 18.2 Å². The molecule has 160 valence electrons. The van der Waals surface area contributed by atoms with E-state index in [1.165, 1.54) is 0 Å². The summed E-state index contributed by atoms with van der Waals surface area (Å²) in [6, 6.07) is -1.01. The van der Waals surface area contributed by atoms with Gasteiger partial charge in [-0.15, -0.1) is 142 Å². The molecule has 0 aromatic rings. The van der Waals surface area contributed by atoms with Crippen molar-refractivity contribution in [3.05, 3.63) is 38.0 Å². The average molecular weight is 698 g/mol. The Balaban J connectivity index is -0.0000000720. The maximum Gasteiger partial charge on any atom is 0.440 e. The minimum Gasteiger partial charge on any atom is -0.150 e. The van der Waals surface area contributed by atoms with Crippen LogP contribution in [0.1, 0.15) is 0 Å². The molecule has 0 atom stereocenters. The standard InChI is InChI=1S/C3H5Cl3Si.C3H6Cl2Si.C3H5Cl.Cl4Si.Cl3HSi/c1-2-3-7(4,5)6;1-2-3-6(4)5;1-2-3-4;1-5(2,3)4;1-4(2)3/h2H,1,3H2;2,6H,1,3H2;2H,1,3H2;;4H. The van der Waals surface area contributed by atoms with Gasteiger partial charge in [-0.2, -0.15) is 22.2 Å².